The zero-order chi connectivity index (χ0) is 65.4. The molecule has 1 aliphatic heterocycles. The van der Waals surface area contributed by atoms with Gasteiger partial charge < -0.3 is 135 Å². The maximum Gasteiger partial charge on any atom is 0.343 e. The normalized spacial score (nSPS) is 16.0. The third-order valence-electron chi connectivity index (χ3n) is 12.4. The van der Waals surface area contributed by atoms with Crippen molar-refractivity contribution in [2.75, 3.05) is 6.61 Å². The largest absolute Gasteiger partial charge is 0.504 e. The standard InChI is InChI=1S/C55H40O34/c56-23-1-16(2-24(57)38(23)68)49(76)83-35-13-22(14-36(44(35)74)84-50(77)17-3-25(58)39(69)26(59)4-17)48(75)82-15-37-45(86-51(78)18-5-27(60)40(70)28(61)6-18)46(87-52(79)19-7-29(62)41(71)30(63)8-19)47(88-53(80)20-9-31(64)42(72)32(65)10-20)55(85-37)89-54(81)21-11-33(66)43(73)34(67)12-21/h1-14,37,45-47,55-74H,15H2/t37-,45+,46+,47-,55+/m1/s1. The van der Waals surface area contributed by atoms with Crippen LogP contribution in [0.15, 0.2) is 84.9 Å². The molecule has 7 aromatic rings. The summed E-state index contributed by atoms with van der Waals surface area (Å²) in [5, 5.41) is 194. The summed E-state index contributed by atoms with van der Waals surface area (Å²) < 4.78 is 44.2. The highest BCUT2D eigenvalue weighted by atomic mass is 16.7. The van der Waals surface area contributed by atoms with Gasteiger partial charge in [0.1, 0.15) is 12.7 Å². The smallest absolute Gasteiger partial charge is 0.343 e. The number of carbonyl (C=O) groups excluding carboxylic acids is 7. The highest BCUT2D eigenvalue weighted by Gasteiger charge is 2.55. The van der Waals surface area contributed by atoms with Crippen LogP contribution in [0.25, 0.3) is 0 Å². The number of hydrogen-bond donors (Lipinski definition) is 19. The molecule has 0 amide bonds. The van der Waals surface area contributed by atoms with Gasteiger partial charge >= 0.3 is 41.8 Å². The molecule has 1 saturated heterocycles. The molecule has 0 bridgehead atoms. The Morgan fingerprint density at radius 2 is 0.517 bits per heavy atom. The molecule has 0 spiro atoms. The van der Waals surface area contributed by atoms with E-state index in [9.17, 15) is 131 Å². The average molecular weight is 1240 g/mol. The number of phenolic OH excluding ortho intramolecular Hbond substituents is 19. The molecular weight excluding hydrogens is 1200 g/mol. The van der Waals surface area contributed by atoms with Gasteiger partial charge in [-0.1, -0.05) is 0 Å². The van der Waals surface area contributed by atoms with E-state index < -0.39 is 239 Å². The van der Waals surface area contributed by atoms with Gasteiger partial charge in [-0.3, -0.25) is 0 Å². The Balaban J connectivity index is 1.27. The highest BCUT2D eigenvalue weighted by Crippen LogP contribution is 2.44. The molecular formula is C55H40O34. The molecule has 464 valence electrons. The second-order valence-corrected chi connectivity index (χ2v) is 18.4. The SMILES string of the molecule is O=C(OC[C@H]1O[C@@H](OC(=O)c2cc(O)c(O)c(O)c2)[C@H](OC(=O)c2cc(O)c(O)c(O)c2)[C@@H](OC(=O)c2cc(O)c(O)c(O)c2)[C@H]1OC(=O)c1cc(O)c(O)c(O)c1)c1cc(OC(=O)c2cc(O)c(O)c(O)c2)c(O)c(OC(=O)c2cc(O)c(O)c(O)c2)c1. The fourth-order valence-electron chi connectivity index (χ4n) is 8.00. The van der Waals surface area contributed by atoms with Gasteiger partial charge in [0, 0.05) is 0 Å². The van der Waals surface area contributed by atoms with Crippen molar-refractivity contribution in [1.82, 2.24) is 0 Å². The van der Waals surface area contributed by atoms with Gasteiger partial charge in [-0.15, -0.1) is 0 Å². The second-order valence-electron chi connectivity index (χ2n) is 18.4. The molecule has 34 nitrogen and oxygen atoms in total. The predicted molar refractivity (Wildman–Crippen MR) is 279 cm³/mol. The van der Waals surface area contributed by atoms with Crippen molar-refractivity contribution in [2.24, 2.45) is 0 Å². The number of ether oxygens (including phenoxy) is 8. The van der Waals surface area contributed by atoms with Gasteiger partial charge in [0.25, 0.3) is 0 Å². The number of hydrogen-bond acceptors (Lipinski definition) is 34. The lowest BCUT2D eigenvalue weighted by molar-refractivity contribution is -0.282. The highest BCUT2D eigenvalue weighted by molar-refractivity contribution is 5.98. The second kappa shape index (κ2) is 24.3. The first-order valence-electron chi connectivity index (χ1n) is 24.3. The Bertz CT molecular complexity index is 3860. The summed E-state index contributed by atoms with van der Waals surface area (Å²) in [7, 11) is 0. The number of phenols is 19. The molecule has 0 unspecified atom stereocenters. The van der Waals surface area contributed by atoms with E-state index in [2.05, 4.69) is 0 Å². The zero-order valence-corrected chi connectivity index (χ0v) is 43.8. The van der Waals surface area contributed by atoms with E-state index in [0.717, 1.165) is 0 Å². The number of esters is 7. The first-order valence-corrected chi connectivity index (χ1v) is 24.3. The molecule has 0 aromatic heterocycles. The van der Waals surface area contributed by atoms with Crippen molar-refractivity contribution in [2.45, 2.75) is 30.7 Å². The van der Waals surface area contributed by atoms with Gasteiger partial charge in [0.05, 0.1) is 38.9 Å². The summed E-state index contributed by atoms with van der Waals surface area (Å²) in [6.07, 6.45) is -13.2. The fourth-order valence-corrected chi connectivity index (χ4v) is 8.00. The lowest BCUT2D eigenvalue weighted by Crippen LogP contribution is -2.63. The predicted octanol–water partition coefficient (Wildman–Crippen LogP) is 2.95. The van der Waals surface area contributed by atoms with Crippen molar-refractivity contribution >= 4 is 41.8 Å². The van der Waals surface area contributed by atoms with Crippen molar-refractivity contribution in [3.05, 3.63) is 124 Å². The van der Waals surface area contributed by atoms with Crippen LogP contribution in [-0.2, 0) is 28.4 Å². The van der Waals surface area contributed by atoms with Crippen LogP contribution in [0.2, 0.25) is 0 Å². The van der Waals surface area contributed by atoms with Gasteiger partial charge in [-0.25, -0.2) is 33.6 Å². The summed E-state index contributed by atoms with van der Waals surface area (Å²) in [6.45, 7) is -1.50. The number of rotatable bonds is 15. The van der Waals surface area contributed by atoms with Crippen LogP contribution in [0.1, 0.15) is 72.5 Å². The third kappa shape index (κ3) is 12.9. The van der Waals surface area contributed by atoms with E-state index in [-0.39, 0.29) is 0 Å². The first-order chi connectivity index (χ1) is 41.8. The van der Waals surface area contributed by atoms with E-state index in [0.29, 0.717) is 84.9 Å². The van der Waals surface area contributed by atoms with E-state index in [4.69, 9.17) is 37.9 Å². The minimum absolute atomic E-state index is 0.467. The molecule has 0 radical (unpaired) electrons. The molecule has 89 heavy (non-hydrogen) atoms. The van der Waals surface area contributed by atoms with Crippen LogP contribution in [0.4, 0.5) is 0 Å². The van der Waals surface area contributed by atoms with Gasteiger partial charge in [0.2, 0.25) is 18.1 Å². The van der Waals surface area contributed by atoms with Crippen molar-refractivity contribution < 1.29 is 168 Å². The van der Waals surface area contributed by atoms with E-state index >= 15 is 0 Å². The third-order valence-corrected chi connectivity index (χ3v) is 12.4. The number of carbonyl (C=O) groups is 7. The van der Waals surface area contributed by atoms with Crippen LogP contribution in [-0.4, -0.2) is 176 Å². The van der Waals surface area contributed by atoms with E-state index in [1.54, 1.807) is 0 Å². The molecule has 7 aromatic carbocycles. The Hall–Kier alpha value is -13.0. The van der Waals surface area contributed by atoms with E-state index in [1.165, 1.54) is 0 Å². The maximum absolute atomic E-state index is 14.4. The molecule has 0 aliphatic carbocycles. The lowest BCUT2D eigenvalue weighted by Gasteiger charge is -2.43. The maximum atomic E-state index is 14.4. The van der Waals surface area contributed by atoms with Crippen LogP contribution >= 0.6 is 0 Å². The summed E-state index contributed by atoms with van der Waals surface area (Å²) in [6, 6.07) is 7.02. The Morgan fingerprint density at radius 1 is 0.281 bits per heavy atom. The zero-order valence-electron chi connectivity index (χ0n) is 43.8. The van der Waals surface area contributed by atoms with Gasteiger partial charge in [0.15, 0.2) is 127 Å². The summed E-state index contributed by atoms with van der Waals surface area (Å²) in [5.41, 5.74) is -6.12. The lowest BCUT2D eigenvalue weighted by atomic mass is 9.97. The van der Waals surface area contributed by atoms with E-state index in [1.807, 2.05) is 0 Å². The quantitative estimate of drug-likeness (QED) is 0.0304. The average Bonchev–Trinajstić information content (AvgIpc) is 1.14. The first kappa shape index (κ1) is 62.0. The van der Waals surface area contributed by atoms with Gasteiger partial charge in [-0.2, -0.15) is 0 Å². The van der Waals surface area contributed by atoms with Crippen LogP contribution in [0, 0.1) is 0 Å². The molecule has 1 aliphatic rings. The Morgan fingerprint density at radius 3 is 0.809 bits per heavy atom. The van der Waals surface area contributed by atoms with Crippen LogP contribution in [0.5, 0.6) is 121 Å². The molecule has 0 saturated carbocycles. The molecule has 34 heteroatoms. The summed E-state index contributed by atoms with van der Waals surface area (Å²) in [5.74, 6) is -36.5. The Labute approximate surface area is 491 Å². The van der Waals surface area contributed by atoms with Crippen LogP contribution < -0.4 is 9.47 Å². The molecule has 8 rings (SSSR count). The van der Waals surface area contributed by atoms with Crippen molar-refractivity contribution in [1.29, 1.82) is 0 Å². The topological polar surface area (TPSA) is 578 Å². The fraction of sp³-hybridized carbons (Fsp3) is 0.109. The summed E-state index contributed by atoms with van der Waals surface area (Å²) in [4.78, 5) is 97.7. The minimum Gasteiger partial charge on any atom is -0.504 e. The monoisotopic (exact) mass is 1240 g/mol. The number of benzene rings is 7. The minimum atomic E-state index is -2.74. The van der Waals surface area contributed by atoms with Gasteiger partial charge in [-0.05, 0) is 84.9 Å². The molecule has 1 heterocycles. The molecule has 5 atom stereocenters. The Kier molecular flexibility index (Phi) is 16.9. The number of aromatic hydroxyl groups is 19. The van der Waals surface area contributed by atoms with Crippen molar-refractivity contribution in [3.8, 4) is 121 Å². The molecule has 1 fully saturated rings. The summed E-state index contributed by atoms with van der Waals surface area (Å²) >= 11 is 0. The van der Waals surface area contributed by atoms with Crippen molar-refractivity contribution in [3.63, 3.8) is 0 Å². The molecule has 19 N–H and O–H groups in total. The van der Waals surface area contributed by atoms with Crippen LogP contribution in [0.3, 0.4) is 0 Å².